The lowest BCUT2D eigenvalue weighted by molar-refractivity contribution is -0.123. The summed E-state index contributed by atoms with van der Waals surface area (Å²) in [4.78, 5) is 34.8. The van der Waals surface area contributed by atoms with Gasteiger partial charge in [0.25, 0.3) is 17.4 Å². The van der Waals surface area contributed by atoms with E-state index >= 15 is 0 Å². The first kappa shape index (κ1) is 21.1. The molecule has 0 spiro atoms. The van der Waals surface area contributed by atoms with E-state index in [0.29, 0.717) is 5.75 Å². The number of H-pyrrole nitrogens is 1. The number of nitrogens with zero attached hydrogens (tertiary/aromatic N) is 1. The number of carbonyl (C=O) groups excluding carboxylic acids is 2. The minimum Gasteiger partial charge on any atom is -0.483 e. The molecule has 150 valence electrons. The molecule has 1 heterocycles. The fourth-order valence-corrected chi connectivity index (χ4v) is 2.49. The van der Waals surface area contributed by atoms with Crippen molar-refractivity contribution in [1.29, 1.82) is 0 Å². The van der Waals surface area contributed by atoms with Crippen LogP contribution < -0.4 is 20.9 Å². The van der Waals surface area contributed by atoms with E-state index in [-0.39, 0.29) is 42.3 Å². The molecular weight excluding hydrogens is 360 g/mol. The molecule has 8 heteroatoms. The molecule has 2 amide bonds. The van der Waals surface area contributed by atoms with E-state index in [2.05, 4.69) is 47.7 Å². The zero-order chi connectivity index (χ0) is 20.7. The molecule has 0 aliphatic rings. The van der Waals surface area contributed by atoms with Crippen molar-refractivity contribution in [3.63, 3.8) is 0 Å². The van der Waals surface area contributed by atoms with Crippen LogP contribution in [0.1, 0.15) is 42.4 Å². The predicted molar refractivity (Wildman–Crippen MR) is 106 cm³/mol. The molecule has 1 aromatic heterocycles. The predicted octanol–water partition coefficient (Wildman–Crippen LogP) is 1.30. The van der Waals surface area contributed by atoms with Gasteiger partial charge in [0.05, 0.1) is 0 Å². The van der Waals surface area contributed by atoms with Crippen LogP contribution in [-0.4, -0.2) is 41.7 Å². The molecule has 0 aliphatic carbocycles. The zero-order valence-electron chi connectivity index (χ0n) is 16.6. The third-order valence-corrected chi connectivity index (χ3v) is 3.95. The van der Waals surface area contributed by atoms with Gasteiger partial charge in [-0.2, -0.15) is 5.10 Å². The maximum atomic E-state index is 12.0. The Kier molecular flexibility index (Phi) is 6.92. The van der Waals surface area contributed by atoms with E-state index in [1.807, 2.05) is 19.1 Å². The standard InChI is InChI=1S/C20H26N4O4/c1-13-5-7-16(14(11-13)20(2,3)4)28-12-18(26)21-9-10-22-19(27)15-6-8-17(25)24-23-15/h5-8,11H,9-10,12H2,1-4H3,(H,21,26)(H,22,27)(H,24,25). The van der Waals surface area contributed by atoms with Gasteiger partial charge in [-0.3, -0.25) is 14.4 Å². The van der Waals surface area contributed by atoms with Crippen molar-refractivity contribution >= 4 is 11.8 Å². The monoisotopic (exact) mass is 386 g/mol. The lowest BCUT2D eigenvalue weighted by Gasteiger charge is -2.23. The molecule has 2 rings (SSSR count). The average molecular weight is 386 g/mol. The number of benzene rings is 1. The Bertz CT molecular complexity index is 879. The van der Waals surface area contributed by atoms with Gasteiger partial charge in [-0.1, -0.05) is 38.5 Å². The third-order valence-electron chi connectivity index (χ3n) is 3.95. The second-order valence-corrected chi connectivity index (χ2v) is 7.45. The Morgan fingerprint density at radius 3 is 2.46 bits per heavy atom. The van der Waals surface area contributed by atoms with Crippen molar-refractivity contribution in [2.45, 2.75) is 33.1 Å². The summed E-state index contributed by atoms with van der Waals surface area (Å²) in [6, 6.07) is 8.43. The van der Waals surface area contributed by atoms with Crippen LogP contribution in [0, 0.1) is 6.92 Å². The largest absolute Gasteiger partial charge is 0.483 e. The summed E-state index contributed by atoms with van der Waals surface area (Å²) in [5.74, 6) is -0.0289. The number of amides is 2. The van der Waals surface area contributed by atoms with Gasteiger partial charge in [0.15, 0.2) is 6.61 Å². The summed E-state index contributed by atoms with van der Waals surface area (Å²) < 4.78 is 5.70. The summed E-state index contributed by atoms with van der Waals surface area (Å²) in [6.45, 7) is 8.66. The highest BCUT2D eigenvalue weighted by Gasteiger charge is 2.19. The van der Waals surface area contributed by atoms with E-state index in [1.165, 1.54) is 12.1 Å². The van der Waals surface area contributed by atoms with Gasteiger partial charge in [-0.25, -0.2) is 5.10 Å². The van der Waals surface area contributed by atoms with Crippen molar-refractivity contribution < 1.29 is 14.3 Å². The quantitative estimate of drug-likeness (QED) is 0.621. The molecule has 0 aliphatic heterocycles. The minimum atomic E-state index is -0.434. The maximum absolute atomic E-state index is 12.0. The minimum absolute atomic E-state index is 0.0993. The molecule has 0 radical (unpaired) electrons. The first-order chi connectivity index (χ1) is 13.2. The second kappa shape index (κ2) is 9.16. The van der Waals surface area contributed by atoms with Crippen LogP contribution >= 0.6 is 0 Å². The summed E-state index contributed by atoms with van der Waals surface area (Å²) in [5, 5.41) is 11.1. The highest BCUT2D eigenvalue weighted by Crippen LogP contribution is 2.32. The van der Waals surface area contributed by atoms with Crippen LogP contribution in [0.5, 0.6) is 5.75 Å². The van der Waals surface area contributed by atoms with Gasteiger partial charge < -0.3 is 15.4 Å². The second-order valence-electron chi connectivity index (χ2n) is 7.45. The number of hydrogen-bond donors (Lipinski definition) is 3. The fraction of sp³-hybridized carbons (Fsp3) is 0.400. The van der Waals surface area contributed by atoms with Crippen molar-refractivity contribution in [2.24, 2.45) is 0 Å². The molecule has 3 N–H and O–H groups in total. The van der Waals surface area contributed by atoms with Gasteiger partial charge in [0, 0.05) is 19.2 Å². The molecule has 2 aromatic rings. The van der Waals surface area contributed by atoms with Crippen molar-refractivity contribution in [3.8, 4) is 5.75 Å². The van der Waals surface area contributed by atoms with Crippen LogP contribution in [-0.2, 0) is 10.2 Å². The highest BCUT2D eigenvalue weighted by molar-refractivity contribution is 5.92. The van der Waals surface area contributed by atoms with Crippen LogP contribution in [0.25, 0.3) is 0 Å². The summed E-state index contributed by atoms with van der Waals surface area (Å²) in [7, 11) is 0. The zero-order valence-corrected chi connectivity index (χ0v) is 16.6. The number of aromatic nitrogens is 2. The van der Waals surface area contributed by atoms with Gasteiger partial charge in [0.2, 0.25) is 0 Å². The Morgan fingerprint density at radius 1 is 1.11 bits per heavy atom. The SMILES string of the molecule is Cc1ccc(OCC(=O)NCCNC(=O)c2ccc(=O)[nH]n2)c(C(C)(C)C)c1. The van der Waals surface area contributed by atoms with Crippen molar-refractivity contribution in [2.75, 3.05) is 19.7 Å². The lowest BCUT2D eigenvalue weighted by atomic mass is 9.85. The Morgan fingerprint density at radius 2 is 1.82 bits per heavy atom. The molecule has 28 heavy (non-hydrogen) atoms. The molecule has 0 unspecified atom stereocenters. The van der Waals surface area contributed by atoms with Gasteiger partial charge in [0.1, 0.15) is 11.4 Å². The third kappa shape index (κ3) is 6.22. The van der Waals surface area contributed by atoms with Crippen LogP contribution in [0.15, 0.2) is 35.1 Å². The fourth-order valence-electron chi connectivity index (χ4n) is 2.49. The lowest BCUT2D eigenvalue weighted by Crippen LogP contribution is -2.37. The van der Waals surface area contributed by atoms with E-state index in [1.54, 1.807) is 0 Å². The number of aromatic amines is 1. The molecule has 0 saturated heterocycles. The van der Waals surface area contributed by atoms with E-state index in [4.69, 9.17) is 4.74 Å². The molecule has 1 aromatic carbocycles. The highest BCUT2D eigenvalue weighted by atomic mass is 16.5. The number of carbonyl (C=O) groups is 2. The van der Waals surface area contributed by atoms with Crippen molar-refractivity contribution in [1.82, 2.24) is 20.8 Å². The number of hydrogen-bond acceptors (Lipinski definition) is 5. The van der Waals surface area contributed by atoms with Gasteiger partial charge in [-0.05, 0) is 30.0 Å². The van der Waals surface area contributed by atoms with Crippen LogP contribution in [0.3, 0.4) is 0 Å². The normalized spacial score (nSPS) is 11.0. The number of nitrogens with one attached hydrogen (secondary N) is 3. The van der Waals surface area contributed by atoms with Crippen LogP contribution in [0.4, 0.5) is 0 Å². The summed E-state index contributed by atoms with van der Waals surface area (Å²) in [5.41, 5.74) is 1.79. The van der Waals surface area contributed by atoms with E-state index < -0.39 is 5.91 Å². The van der Waals surface area contributed by atoms with Gasteiger partial charge in [-0.15, -0.1) is 0 Å². The maximum Gasteiger partial charge on any atom is 0.271 e. The molecule has 0 fully saturated rings. The Labute approximate surface area is 163 Å². The van der Waals surface area contributed by atoms with E-state index in [9.17, 15) is 14.4 Å². The Hall–Kier alpha value is -3.16. The Balaban J connectivity index is 1.77. The smallest absolute Gasteiger partial charge is 0.271 e. The van der Waals surface area contributed by atoms with Gasteiger partial charge >= 0.3 is 0 Å². The average Bonchev–Trinajstić information content (AvgIpc) is 2.64. The molecule has 0 atom stereocenters. The first-order valence-corrected chi connectivity index (χ1v) is 9.01. The molecular formula is C20H26N4O4. The topological polar surface area (TPSA) is 113 Å². The molecule has 0 bridgehead atoms. The number of ether oxygens (including phenoxy) is 1. The first-order valence-electron chi connectivity index (χ1n) is 9.01. The number of rotatable bonds is 7. The van der Waals surface area contributed by atoms with Crippen molar-refractivity contribution in [3.05, 3.63) is 57.5 Å². The molecule has 0 saturated carbocycles. The molecule has 8 nitrogen and oxygen atoms in total. The summed E-state index contributed by atoms with van der Waals surface area (Å²) in [6.07, 6.45) is 0. The number of aryl methyl sites for hydroxylation is 1. The van der Waals surface area contributed by atoms with E-state index in [0.717, 1.165) is 11.1 Å². The summed E-state index contributed by atoms with van der Waals surface area (Å²) >= 11 is 0. The van der Waals surface area contributed by atoms with Crippen LogP contribution in [0.2, 0.25) is 0 Å².